The van der Waals surface area contributed by atoms with Crippen molar-refractivity contribution in [1.29, 1.82) is 0 Å². The average Bonchev–Trinajstić information content (AvgIpc) is 2.26. The second-order valence-electron chi connectivity index (χ2n) is 6.95. The summed E-state index contributed by atoms with van der Waals surface area (Å²) in [5.74, 6) is 0.223. The molecule has 0 aromatic carbocycles. The highest BCUT2D eigenvalue weighted by Gasteiger charge is 2.36. The van der Waals surface area contributed by atoms with Gasteiger partial charge in [0.15, 0.2) is 0 Å². The molecule has 1 fully saturated rings. The lowest BCUT2D eigenvalue weighted by Gasteiger charge is -2.38. The lowest BCUT2D eigenvalue weighted by atomic mass is 9.81. The third-order valence-electron chi connectivity index (χ3n) is 3.92. The Morgan fingerprint density at radius 3 is 2.16 bits per heavy atom. The van der Waals surface area contributed by atoms with Gasteiger partial charge < -0.3 is 5.73 Å². The Morgan fingerprint density at radius 1 is 1.32 bits per heavy atom. The summed E-state index contributed by atoms with van der Waals surface area (Å²) in [7, 11) is -3.14. The van der Waals surface area contributed by atoms with E-state index < -0.39 is 10.0 Å². The molecule has 0 spiro atoms. The van der Waals surface area contributed by atoms with Crippen molar-refractivity contribution in [3.05, 3.63) is 0 Å². The van der Waals surface area contributed by atoms with Crippen molar-refractivity contribution in [2.24, 2.45) is 16.6 Å². The molecule has 0 saturated carbocycles. The first-order valence-corrected chi connectivity index (χ1v) is 8.76. The van der Waals surface area contributed by atoms with Crippen LogP contribution in [0.4, 0.5) is 0 Å². The topological polar surface area (TPSA) is 63.4 Å². The van der Waals surface area contributed by atoms with E-state index in [4.69, 9.17) is 18.0 Å². The molecule has 6 heteroatoms. The van der Waals surface area contributed by atoms with Crippen molar-refractivity contribution >= 4 is 27.2 Å². The quantitative estimate of drug-likeness (QED) is 0.808. The van der Waals surface area contributed by atoms with E-state index in [9.17, 15) is 8.42 Å². The molecule has 1 saturated heterocycles. The molecule has 0 aromatic rings. The fourth-order valence-corrected chi connectivity index (χ4v) is 4.14. The summed E-state index contributed by atoms with van der Waals surface area (Å²) < 4.78 is 26.1. The summed E-state index contributed by atoms with van der Waals surface area (Å²) in [4.78, 5) is 0.499. The third-order valence-corrected chi connectivity index (χ3v) is 6.29. The maximum Gasteiger partial charge on any atom is 0.214 e. The Hall–Kier alpha value is -0.200. The summed E-state index contributed by atoms with van der Waals surface area (Å²) in [6.07, 6.45) is 2.12. The number of hydrogen-bond acceptors (Lipinski definition) is 3. The monoisotopic (exact) mass is 306 g/mol. The van der Waals surface area contributed by atoms with Crippen LogP contribution in [0.3, 0.4) is 0 Å². The molecular weight excluding hydrogens is 280 g/mol. The lowest BCUT2D eigenvalue weighted by Crippen LogP contribution is -2.47. The Balaban J connectivity index is 2.62. The molecule has 1 rings (SSSR count). The molecule has 0 bridgehead atoms. The largest absolute Gasteiger partial charge is 0.393 e. The highest BCUT2D eigenvalue weighted by Crippen LogP contribution is 2.32. The zero-order valence-corrected chi connectivity index (χ0v) is 14.0. The number of rotatable bonds is 4. The summed E-state index contributed by atoms with van der Waals surface area (Å²) in [6.45, 7) is 9.25. The fraction of sp³-hybridized carbons (Fsp3) is 0.923. The SMILES string of the molecule is CC(C)(C)CCS(=O)(=O)N1CCC(C)(C(N)=S)CC1. The van der Waals surface area contributed by atoms with Crippen molar-refractivity contribution in [2.75, 3.05) is 18.8 Å². The van der Waals surface area contributed by atoms with Gasteiger partial charge in [-0.1, -0.05) is 39.9 Å². The van der Waals surface area contributed by atoms with Gasteiger partial charge >= 0.3 is 0 Å². The van der Waals surface area contributed by atoms with Gasteiger partial charge in [0, 0.05) is 18.5 Å². The first-order chi connectivity index (χ1) is 8.46. The minimum absolute atomic E-state index is 0.0379. The standard InChI is InChI=1S/C13H26N2O2S2/c1-12(2,3)7-10-19(16,17)15-8-5-13(4,6-9-15)11(14)18/h5-10H2,1-4H3,(H2,14,18). The second kappa shape index (κ2) is 5.66. The van der Waals surface area contributed by atoms with Gasteiger partial charge in [-0.25, -0.2) is 12.7 Å². The maximum atomic E-state index is 12.3. The van der Waals surface area contributed by atoms with E-state index in [1.54, 1.807) is 4.31 Å². The van der Waals surface area contributed by atoms with Crippen molar-refractivity contribution < 1.29 is 8.42 Å². The van der Waals surface area contributed by atoms with Crippen LogP contribution in [-0.2, 0) is 10.0 Å². The van der Waals surface area contributed by atoms with Gasteiger partial charge in [0.2, 0.25) is 10.0 Å². The van der Waals surface area contributed by atoms with E-state index in [0.717, 1.165) is 12.8 Å². The van der Waals surface area contributed by atoms with E-state index in [1.165, 1.54) is 0 Å². The normalized spacial score (nSPS) is 21.3. The first kappa shape index (κ1) is 16.9. The molecule has 0 atom stereocenters. The Morgan fingerprint density at radius 2 is 1.79 bits per heavy atom. The van der Waals surface area contributed by atoms with Crippen LogP contribution >= 0.6 is 12.2 Å². The molecule has 19 heavy (non-hydrogen) atoms. The van der Waals surface area contributed by atoms with E-state index in [1.807, 2.05) is 6.92 Å². The molecule has 1 heterocycles. The molecule has 0 aromatic heterocycles. The Kier molecular flexibility index (Phi) is 5.02. The Bertz CT molecular complexity index is 430. The van der Waals surface area contributed by atoms with Gasteiger partial charge in [0.05, 0.1) is 10.7 Å². The lowest BCUT2D eigenvalue weighted by molar-refractivity contribution is 0.243. The van der Waals surface area contributed by atoms with E-state index in [-0.39, 0.29) is 16.6 Å². The van der Waals surface area contributed by atoms with Gasteiger partial charge in [-0.3, -0.25) is 0 Å². The fourth-order valence-electron chi connectivity index (χ4n) is 2.07. The van der Waals surface area contributed by atoms with E-state index >= 15 is 0 Å². The van der Waals surface area contributed by atoms with Gasteiger partial charge in [-0.05, 0) is 24.7 Å². The second-order valence-corrected chi connectivity index (χ2v) is 9.48. The summed E-state index contributed by atoms with van der Waals surface area (Å²) in [5.41, 5.74) is 5.58. The zero-order valence-electron chi connectivity index (χ0n) is 12.4. The van der Waals surface area contributed by atoms with Crippen molar-refractivity contribution in [3.63, 3.8) is 0 Å². The molecule has 2 N–H and O–H groups in total. The number of thiocarbonyl (C=S) groups is 1. The number of nitrogens with zero attached hydrogens (tertiary/aromatic N) is 1. The van der Waals surface area contributed by atoms with Crippen molar-refractivity contribution in [3.8, 4) is 0 Å². The number of nitrogens with two attached hydrogens (primary N) is 1. The Labute approximate surface area is 122 Å². The van der Waals surface area contributed by atoms with E-state index in [2.05, 4.69) is 20.8 Å². The first-order valence-electron chi connectivity index (χ1n) is 6.74. The van der Waals surface area contributed by atoms with Crippen LogP contribution in [0, 0.1) is 10.8 Å². The molecule has 112 valence electrons. The minimum atomic E-state index is -3.14. The highest BCUT2D eigenvalue weighted by atomic mass is 32.2. The average molecular weight is 306 g/mol. The number of piperidine rings is 1. The zero-order chi connectivity index (χ0) is 14.9. The number of hydrogen-bond donors (Lipinski definition) is 1. The van der Waals surface area contributed by atoms with Crippen molar-refractivity contribution in [1.82, 2.24) is 4.31 Å². The van der Waals surface area contributed by atoms with Crippen molar-refractivity contribution in [2.45, 2.75) is 47.0 Å². The molecule has 4 nitrogen and oxygen atoms in total. The highest BCUT2D eigenvalue weighted by molar-refractivity contribution is 7.89. The maximum absolute atomic E-state index is 12.3. The van der Waals surface area contributed by atoms with Gasteiger partial charge in [0.25, 0.3) is 0 Å². The van der Waals surface area contributed by atoms with Crippen LogP contribution < -0.4 is 5.73 Å². The smallest absolute Gasteiger partial charge is 0.214 e. The molecular formula is C13H26N2O2S2. The molecule has 1 aliphatic heterocycles. The predicted octanol–water partition coefficient (Wildman–Crippen LogP) is 2.14. The minimum Gasteiger partial charge on any atom is -0.393 e. The van der Waals surface area contributed by atoms with Crippen LogP contribution in [0.15, 0.2) is 0 Å². The van der Waals surface area contributed by atoms with Gasteiger partial charge in [-0.15, -0.1) is 0 Å². The van der Waals surface area contributed by atoms with Crippen LogP contribution in [0.25, 0.3) is 0 Å². The molecule has 0 radical (unpaired) electrons. The molecule has 1 aliphatic rings. The van der Waals surface area contributed by atoms with Crippen LogP contribution in [0.2, 0.25) is 0 Å². The van der Waals surface area contributed by atoms with Crippen LogP contribution in [0.5, 0.6) is 0 Å². The summed E-state index contributed by atoms with van der Waals surface area (Å²) >= 11 is 5.07. The van der Waals surface area contributed by atoms with Crippen LogP contribution in [-0.4, -0.2) is 36.6 Å². The third kappa shape index (κ3) is 4.68. The molecule has 0 aliphatic carbocycles. The van der Waals surface area contributed by atoms with Crippen LogP contribution in [0.1, 0.15) is 47.0 Å². The van der Waals surface area contributed by atoms with Gasteiger partial charge in [0.1, 0.15) is 0 Å². The van der Waals surface area contributed by atoms with Gasteiger partial charge in [-0.2, -0.15) is 0 Å². The molecule has 0 unspecified atom stereocenters. The predicted molar refractivity (Wildman–Crippen MR) is 83.6 cm³/mol. The number of sulfonamides is 1. The summed E-state index contributed by atoms with van der Waals surface area (Å²) in [6, 6.07) is 0. The summed E-state index contributed by atoms with van der Waals surface area (Å²) in [5, 5.41) is 0. The van der Waals surface area contributed by atoms with E-state index in [0.29, 0.717) is 24.5 Å². The molecule has 0 amide bonds.